The van der Waals surface area contributed by atoms with Gasteiger partial charge in [0.05, 0.1) is 53.6 Å². The number of nitro groups is 1. The van der Waals surface area contributed by atoms with E-state index in [1.54, 1.807) is 37.3 Å². The fourth-order valence-electron chi connectivity index (χ4n) is 6.16. The number of hydrogen-bond donors (Lipinski definition) is 2. The average molecular weight is 922 g/mol. The molecule has 7 rings (SSSR count). The number of carbonyl (C=O) groups is 4. The number of nitrogens with zero attached hydrogens (tertiary/aromatic N) is 3. The average Bonchev–Trinajstić information content (AvgIpc) is 3.29. The molecule has 2 aliphatic heterocycles. The lowest BCUT2D eigenvalue weighted by atomic mass is 10.1. The minimum absolute atomic E-state index is 0.0463. The zero-order chi connectivity index (χ0) is 49.1. The number of Topliss-reactive ketones (excluding diaryl/α,β-unsaturated/α-hetero) is 4. The molecule has 1 atom stereocenters. The monoisotopic (exact) mass is 921 g/mol. The van der Waals surface area contributed by atoms with Crippen molar-refractivity contribution in [2.75, 3.05) is 68.1 Å². The van der Waals surface area contributed by atoms with Crippen LogP contribution in [0.25, 0.3) is 0 Å². The van der Waals surface area contributed by atoms with Crippen LogP contribution in [0.3, 0.4) is 0 Å². The molecular weight excluding hydrogens is 870 g/mol. The highest BCUT2D eigenvalue weighted by Crippen LogP contribution is 2.24. The number of halogens is 5. The first-order chi connectivity index (χ1) is 31.2. The Morgan fingerprint density at radius 2 is 0.955 bits per heavy atom. The van der Waals surface area contributed by atoms with Crippen LogP contribution < -0.4 is 21.3 Å². The van der Waals surface area contributed by atoms with Crippen molar-refractivity contribution < 1.29 is 55.5 Å². The van der Waals surface area contributed by atoms with Crippen molar-refractivity contribution in [1.82, 2.24) is 0 Å². The quantitative estimate of drug-likeness (QED) is 0.0495. The smallest absolute Gasteiger partial charge is 0.270 e. The summed E-state index contributed by atoms with van der Waals surface area (Å²) >= 11 is 0. The number of nitrogens with two attached hydrogens (primary N) is 2. The van der Waals surface area contributed by atoms with Crippen molar-refractivity contribution in [3.8, 4) is 0 Å². The molecule has 0 aliphatic carbocycles. The Morgan fingerprint density at radius 1 is 0.561 bits per heavy atom. The Hall–Kier alpha value is -6.89. The Balaban J connectivity index is 0.000000222. The molecule has 5 aromatic rings. The number of ketones is 4. The number of nitro benzene ring substituents is 1. The van der Waals surface area contributed by atoms with E-state index in [-0.39, 0.29) is 57.1 Å². The van der Waals surface area contributed by atoms with Gasteiger partial charge in [-0.1, -0.05) is 12.1 Å². The third-order valence-electron chi connectivity index (χ3n) is 9.71. The summed E-state index contributed by atoms with van der Waals surface area (Å²) in [5, 5.41) is 10.3. The molecule has 2 heterocycles. The van der Waals surface area contributed by atoms with Gasteiger partial charge in [0.15, 0.2) is 23.1 Å². The first kappa shape index (κ1) is 53.4. The molecule has 0 amide bonds. The molecule has 0 spiro atoms. The zero-order valence-electron chi connectivity index (χ0n) is 37.1. The lowest BCUT2D eigenvalue weighted by molar-refractivity contribution is -0.384. The lowest BCUT2D eigenvalue weighted by Gasteiger charge is -2.29. The first-order valence-electron chi connectivity index (χ1n) is 20.5. The van der Waals surface area contributed by atoms with Gasteiger partial charge < -0.3 is 30.7 Å². The summed E-state index contributed by atoms with van der Waals surface area (Å²) in [7, 11) is 0. The zero-order valence-corrected chi connectivity index (χ0v) is 37.1. The van der Waals surface area contributed by atoms with Gasteiger partial charge in [-0.3, -0.25) is 29.3 Å². The van der Waals surface area contributed by atoms with E-state index in [9.17, 15) is 51.2 Å². The fraction of sp³-hybridized carbons (Fsp3) is 0.292. The first-order valence-corrected chi connectivity index (χ1v) is 20.5. The fourth-order valence-corrected chi connectivity index (χ4v) is 6.16. The molecule has 5 aromatic carbocycles. The van der Waals surface area contributed by atoms with E-state index < -0.39 is 34.0 Å². The number of rotatable bonds is 8. The van der Waals surface area contributed by atoms with Crippen molar-refractivity contribution in [1.29, 1.82) is 0 Å². The van der Waals surface area contributed by atoms with Crippen molar-refractivity contribution >= 4 is 45.9 Å². The number of carbonyl (C=O) groups excluding carboxylic acids is 4. The van der Waals surface area contributed by atoms with Gasteiger partial charge >= 0.3 is 0 Å². The van der Waals surface area contributed by atoms with Gasteiger partial charge in [-0.15, -0.1) is 0 Å². The summed E-state index contributed by atoms with van der Waals surface area (Å²) in [6, 6.07) is 22.2. The number of non-ortho nitro benzene ring substituents is 1. The maximum atomic E-state index is 13.5. The number of ether oxygens (including phenoxy) is 2. The molecule has 1 unspecified atom stereocenters. The van der Waals surface area contributed by atoms with Gasteiger partial charge in [0.2, 0.25) is 0 Å². The molecule has 66 heavy (non-hydrogen) atoms. The second-order valence-electron chi connectivity index (χ2n) is 14.7. The third kappa shape index (κ3) is 16.6. The molecule has 0 aromatic heterocycles. The van der Waals surface area contributed by atoms with Crippen LogP contribution in [0.4, 0.5) is 44.7 Å². The van der Waals surface area contributed by atoms with Crippen LogP contribution in [-0.2, 0) is 9.47 Å². The van der Waals surface area contributed by atoms with E-state index in [1.807, 2.05) is 6.07 Å². The van der Waals surface area contributed by atoms with Crippen molar-refractivity contribution in [3.63, 3.8) is 0 Å². The number of anilines is 3. The van der Waals surface area contributed by atoms with Crippen molar-refractivity contribution in [3.05, 3.63) is 164 Å². The SMILES string of the molecule is CC(=O)c1cc(N)ccc1F.CC(=O)c1cc(N2CCOCC2)ccc1F.CC(=O)c1cc([N+](=O)[O-])ccc1F.CC(=O)c1ccccc1F.CC(N)c1cc(N2CCOCC2)ccc1F. The third-order valence-corrected chi connectivity index (χ3v) is 9.71. The van der Waals surface area contributed by atoms with Gasteiger partial charge in [-0.05, 0) is 107 Å². The minimum Gasteiger partial charge on any atom is -0.399 e. The number of morpholine rings is 2. The van der Waals surface area contributed by atoms with Crippen molar-refractivity contribution in [2.45, 2.75) is 40.7 Å². The largest absolute Gasteiger partial charge is 0.399 e. The summed E-state index contributed by atoms with van der Waals surface area (Å²) in [4.78, 5) is 57.2. The second-order valence-corrected chi connectivity index (χ2v) is 14.7. The van der Waals surface area contributed by atoms with Crippen LogP contribution in [0.2, 0.25) is 0 Å². The van der Waals surface area contributed by atoms with Gasteiger partial charge in [0, 0.05) is 67.0 Å². The van der Waals surface area contributed by atoms with Gasteiger partial charge in [0.1, 0.15) is 29.1 Å². The minimum atomic E-state index is -0.738. The Kier molecular flexibility index (Phi) is 21.2. The van der Waals surface area contributed by atoms with E-state index in [4.69, 9.17) is 20.9 Å². The predicted molar refractivity (Wildman–Crippen MR) is 242 cm³/mol. The topological polar surface area (TPSA) is 188 Å². The van der Waals surface area contributed by atoms with Crippen molar-refractivity contribution in [2.24, 2.45) is 5.73 Å². The Morgan fingerprint density at radius 3 is 1.38 bits per heavy atom. The highest BCUT2D eigenvalue weighted by Gasteiger charge is 2.17. The van der Waals surface area contributed by atoms with Crippen LogP contribution in [-0.4, -0.2) is 80.7 Å². The number of nitrogen functional groups attached to an aromatic ring is 1. The van der Waals surface area contributed by atoms with Crippen LogP contribution in [0.1, 0.15) is 87.7 Å². The van der Waals surface area contributed by atoms with Crippen LogP contribution in [0.5, 0.6) is 0 Å². The van der Waals surface area contributed by atoms with Gasteiger partial charge in [-0.2, -0.15) is 0 Å². The molecule has 4 N–H and O–H groups in total. The molecule has 13 nitrogen and oxygen atoms in total. The number of hydrogen-bond acceptors (Lipinski definition) is 12. The van der Waals surface area contributed by atoms with E-state index >= 15 is 0 Å². The van der Waals surface area contributed by atoms with E-state index in [0.717, 1.165) is 75.9 Å². The Labute approximate surface area is 379 Å². The van der Waals surface area contributed by atoms with Crippen LogP contribution >= 0.6 is 0 Å². The summed E-state index contributed by atoms with van der Waals surface area (Å²) in [6.45, 7) is 13.0. The Bertz CT molecular complexity index is 2480. The maximum Gasteiger partial charge on any atom is 0.270 e. The number of benzene rings is 5. The molecule has 0 bridgehead atoms. The molecule has 352 valence electrons. The summed E-state index contributed by atoms with van der Waals surface area (Å²) in [5.41, 5.74) is 13.8. The summed E-state index contributed by atoms with van der Waals surface area (Å²) in [6.07, 6.45) is 0. The summed E-state index contributed by atoms with van der Waals surface area (Å²) in [5.74, 6) is -3.71. The standard InChI is InChI=1S/C12H17FN2O.C12H14FNO2.C8H6FNO3.C8H8FNO.C8H7FO/c1-9(14)11-8-10(2-3-12(11)13)15-4-6-16-7-5-15;1-9(15)11-8-10(2-3-12(11)13)14-4-6-16-7-5-14;1-5(11)7-4-6(10(12)13)2-3-8(7)9;1-5(11)7-4-6(10)2-3-8(7)9;1-6(10)7-4-2-3-5-8(7)9/h2-3,8-9H,4-7,14H2,1H3;2-3,8H,4-7H2,1H3;2-4H,1H3;2-4H,10H2,1H3;2-5H,1H3. The summed E-state index contributed by atoms with van der Waals surface area (Å²) < 4.78 is 75.5. The molecule has 0 radical (unpaired) electrons. The molecule has 2 saturated heterocycles. The van der Waals surface area contributed by atoms with E-state index in [0.29, 0.717) is 24.5 Å². The highest BCUT2D eigenvalue weighted by atomic mass is 19.1. The molecule has 0 saturated carbocycles. The maximum absolute atomic E-state index is 13.5. The second kappa shape index (κ2) is 26.2. The van der Waals surface area contributed by atoms with Gasteiger partial charge in [0.25, 0.3) is 5.69 Å². The lowest BCUT2D eigenvalue weighted by Crippen LogP contribution is -2.36. The normalized spacial score (nSPS) is 13.4. The predicted octanol–water partition coefficient (Wildman–Crippen LogP) is 9.12. The van der Waals surface area contributed by atoms with Crippen LogP contribution in [0.15, 0.2) is 97.1 Å². The van der Waals surface area contributed by atoms with Crippen LogP contribution in [0, 0.1) is 39.2 Å². The molecule has 2 aliphatic rings. The molecule has 18 heteroatoms. The molecule has 2 fully saturated rings. The molecular formula is C48H52F5N5O8. The van der Waals surface area contributed by atoms with Gasteiger partial charge in [-0.25, -0.2) is 22.0 Å². The highest BCUT2D eigenvalue weighted by molar-refractivity contribution is 5.96. The van der Waals surface area contributed by atoms with E-state index in [1.165, 1.54) is 63.2 Å². The van der Waals surface area contributed by atoms with E-state index in [2.05, 4.69) is 9.80 Å².